The standard InChI is InChI=1S/C15H28N2O2/c18-14-9-12(10-14)15(11-1-5-16-6-2-11)17-13-3-7-19-8-4-13/h11-18H,1-10H2/t12?,14?,15-/m0/s1. The maximum absolute atomic E-state index is 9.61. The Balaban J connectivity index is 1.58. The normalized spacial score (nSPS) is 35.8. The zero-order chi connectivity index (χ0) is 13.1. The van der Waals surface area contributed by atoms with Crippen molar-refractivity contribution in [2.45, 2.75) is 56.7 Å². The van der Waals surface area contributed by atoms with Gasteiger partial charge in [0.25, 0.3) is 0 Å². The van der Waals surface area contributed by atoms with Gasteiger partial charge < -0.3 is 20.5 Å². The molecule has 0 aromatic rings. The van der Waals surface area contributed by atoms with Gasteiger partial charge in [-0.1, -0.05) is 0 Å². The van der Waals surface area contributed by atoms with Crippen LogP contribution in [0.4, 0.5) is 0 Å². The van der Waals surface area contributed by atoms with Gasteiger partial charge in [0, 0.05) is 25.3 Å². The average molecular weight is 268 g/mol. The third kappa shape index (κ3) is 3.48. The van der Waals surface area contributed by atoms with Crippen LogP contribution in [0.1, 0.15) is 38.5 Å². The summed E-state index contributed by atoms with van der Waals surface area (Å²) in [6.45, 7) is 4.13. The molecule has 0 bridgehead atoms. The van der Waals surface area contributed by atoms with Crippen LogP contribution >= 0.6 is 0 Å². The predicted molar refractivity (Wildman–Crippen MR) is 75.1 cm³/mol. The first-order valence-electron chi connectivity index (χ1n) is 8.05. The lowest BCUT2D eigenvalue weighted by molar-refractivity contribution is -0.00108. The number of hydrogen-bond acceptors (Lipinski definition) is 4. The molecule has 0 unspecified atom stereocenters. The number of aliphatic hydroxyl groups is 1. The summed E-state index contributed by atoms with van der Waals surface area (Å²) in [6.07, 6.45) is 6.84. The Morgan fingerprint density at radius 2 is 1.68 bits per heavy atom. The minimum absolute atomic E-state index is 0.0364. The van der Waals surface area contributed by atoms with E-state index in [0.29, 0.717) is 18.0 Å². The first-order valence-corrected chi connectivity index (χ1v) is 8.05. The number of ether oxygens (including phenoxy) is 1. The first-order chi connectivity index (χ1) is 9.33. The molecule has 2 aliphatic heterocycles. The third-order valence-corrected chi connectivity index (χ3v) is 5.20. The van der Waals surface area contributed by atoms with E-state index in [1.807, 2.05) is 0 Å². The van der Waals surface area contributed by atoms with E-state index >= 15 is 0 Å². The highest BCUT2D eigenvalue weighted by molar-refractivity contribution is 4.94. The SMILES string of the molecule is OC1CC([C@@H](NC2CCOCC2)C2CCNCC2)C1. The Morgan fingerprint density at radius 3 is 2.32 bits per heavy atom. The van der Waals surface area contributed by atoms with Crippen molar-refractivity contribution in [1.82, 2.24) is 10.6 Å². The first kappa shape index (κ1) is 13.8. The second kappa shape index (κ2) is 6.53. The van der Waals surface area contributed by atoms with Gasteiger partial charge in [-0.15, -0.1) is 0 Å². The summed E-state index contributed by atoms with van der Waals surface area (Å²) >= 11 is 0. The van der Waals surface area contributed by atoms with Crippen LogP contribution < -0.4 is 10.6 Å². The Hall–Kier alpha value is -0.160. The van der Waals surface area contributed by atoms with E-state index in [9.17, 15) is 5.11 Å². The molecule has 1 saturated carbocycles. The lowest BCUT2D eigenvalue weighted by Crippen LogP contribution is -2.54. The maximum atomic E-state index is 9.61. The fourth-order valence-corrected chi connectivity index (χ4v) is 3.92. The molecule has 19 heavy (non-hydrogen) atoms. The van der Waals surface area contributed by atoms with E-state index in [1.54, 1.807) is 0 Å². The zero-order valence-corrected chi connectivity index (χ0v) is 11.8. The molecular weight excluding hydrogens is 240 g/mol. The summed E-state index contributed by atoms with van der Waals surface area (Å²) in [4.78, 5) is 0. The van der Waals surface area contributed by atoms with Gasteiger partial charge in [-0.05, 0) is 63.5 Å². The Labute approximate surface area is 116 Å². The van der Waals surface area contributed by atoms with Crippen molar-refractivity contribution in [3.8, 4) is 0 Å². The van der Waals surface area contributed by atoms with Gasteiger partial charge in [0.15, 0.2) is 0 Å². The summed E-state index contributed by atoms with van der Waals surface area (Å²) < 4.78 is 5.45. The second-order valence-corrected chi connectivity index (χ2v) is 6.55. The molecule has 0 radical (unpaired) electrons. The average Bonchev–Trinajstić information content (AvgIpc) is 2.44. The summed E-state index contributed by atoms with van der Waals surface area (Å²) in [6, 6.07) is 1.25. The predicted octanol–water partition coefficient (Wildman–Crippen LogP) is 0.894. The fourth-order valence-electron chi connectivity index (χ4n) is 3.92. The highest BCUT2D eigenvalue weighted by Gasteiger charge is 2.39. The molecule has 3 rings (SSSR count). The molecular formula is C15H28N2O2. The smallest absolute Gasteiger partial charge is 0.0546 e. The molecule has 0 spiro atoms. The number of rotatable bonds is 4. The van der Waals surface area contributed by atoms with Crippen molar-refractivity contribution in [2.24, 2.45) is 11.8 Å². The number of hydrogen-bond donors (Lipinski definition) is 3. The molecule has 1 aliphatic carbocycles. The van der Waals surface area contributed by atoms with E-state index in [-0.39, 0.29) is 6.10 Å². The molecule has 0 aromatic heterocycles. The molecule has 0 amide bonds. The van der Waals surface area contributed by atoms with E-state index in [0.717, 1.165) is 57.9 Å². The van der Waals surface area contributed by atoms with Crippen LogP contribution in [-0.2, 0) is 4.74 Å². The molecule has 1 atom stereocenters. The van der Waals surface area contributed by atoms with Crippen molar-refractivity contribution in [3.63, 3.8) is 0 Å². The van der Waals surface area contributed by atoms with Crippen molar-refractivity contribution in [2.75, 3.05) is 26.3 Å². The van der Waals surface area contributed by atoms with Crippen LogP contribution in [0.2, 0.25) is 0 Å². The molecule has 0 aromatic carbocycles. The van der Waals surface area contributed by atoms with Crippen LogP contribution in [0.3, 0.4) is 0 Å². The van der Waals surface area contributed by atoms with Gasteiger partial charge in [0.1, 0.15) is 0 Å². The van der Waals surface area contributed by atoms with Crippen LogP contribution in [0.25, 0.3) is 0 Å². The van der Waals surface area contributed by atoms with E-state index in [2.05, 4.69) is 10.6 Å². The highest BCUT2D eigenvalue weighted by atomic mass is 16.5. The van der Waals surface area contributed by atoms with Gasteiger partial charge in [0.2, 0.25) is 0 Å². The largest absolute Gasteiger partial charge is 0.393 e. The lowest BCUT2D eigenvalue weighted by atomic mass is 9.70. The van der Waals surface area contributed by atoms with Crippen LogP contribution in [0, 0.1) is 11.8 Å². The monoisotopic (exact) mass is 268 g/mol. The van der Waals surface area contributed by atoms with E-state index in [4.69, 9.17) is 4.74 Å². The summed E-state index contributed by atoms with van der Waals surface area (Å²) in [5.74, 6) is 1.49. The van der Waals surface area contributed by atoms with Gasteiger partial charge in [-0.2, -0.15) is 0 Å². The van der Waals surface area contributed by atoms with Crippen LogP contribution in [-0.4, -0.2) is 49.6 Å². The Kier molecular flexibility index (Phi) is 4.74. The third-order valence-electron chi connectivity index (χ3n) is 5.20. The van der Waals surface area contributed by atoms with Gasteiger partial charge in [0.05, 0.1) is 6.10 Å². The van der Waals surface area contributed by atoms with Crippen molar-refractivity contribution >= 4 is 0 Å². The molecule has 4 heteroatoms. The Bertz CT molecular complexity index is 269. The van der Waals surface area contributed by atoms with Crippen molar-refractivity contribution in [3.05, 3.63) is 0 Å². The minimum atomic E-state index is -0.0364. The number of aliphatic hydroxyl groups excluding tert-OH is 1. The van der Waals surface area contributed by atoms with Crippen molar-refractivity contribution < 1.29 is 9.84 Å². The molecule has 2 saturated heterocycles. The molecule has 4 nitrogen and oxygen atoms in total. The molecule has 2 heterocycles. The molecule has 3 N–H and O–H groups in total. The zero-order valence-electron chi connectivity index (χ0n) is 11.8. The van der Waals surface area contributed by atoms with Gasteiger partial charge >= 0.3 is 0 Å². The summed E-state index contributed by atoms with van der Waals surface area (Å²) in [7, 11) is 0. The fraction of sp³-hybridized carbons (Fsp3) is 1.00. The highest BCUT2D eigenvalue weighted by Crippen LogP contribution is 2.36. The summed E-state index contributed by atoms with van der Waals surface area (Å²) in [5.41, 5.74) is 0. The minimum Gasteiger partial charge on any atom is -0.393 e. The number of nitrogens with one attached hydrogen (secondary N) is 2. The van der Waals surface area contributed by atoms with Gasteiger partial charge in [-0.25, -0.2) is 0 Å². The van der Waals surface area contributed by atoms with Crippen LogP contribution in [0.5, 0.6) is 0 Å². The quantitative estimate of drug-likeness (QED) is 0.709. The topological polar surface area (TPSA) is 53.5 Å². The van der Waals surface area contributed by atoms with Crippen molar-refractivity contribution in [1.29, 1.82) is 0 Å². The lowest BCUT2D eigenvalue weighted by Gasteiger charge is -2.45. The maximum Gasteiger partial charge on any atom is 0.0546 e. The Morgan fingerprint density at radius 1 is 1.00 bits per heavy atom. The van der Waals surface area contributed by atoms with Gasteiger partial charge in [-0.3, -0.25) is 0 Å². The molecule has 3 fully saturated rings. The van der Waals surface area contributed by atoms with E-state index < -0.39 is 0 Å². The second-order valence-electron chi connectivity index (χ2n) is 6.55. The van der Waals surface area contributed by atoms with E-state index in [1.165, 1.54) is 12.8 Å². The summed E-state index contributed by atoms with van der Waals surface area (Å²) in [5, 5.41) is 17.0. The molecule has 3 aliphatic rings. The molecule has 110 valence electrons. The van der Waals surface area contributed by atoms with Crippen LogP contribution in [0.15, 0.2) is 0 Å². The number of piperidine rings is 1.